The first-order chi connectivity index (χ1) is 13.6. The normalized spacial score (nSPS) is 23.1. The number of nitrogens with one attached hydrogen (secondary N) is 3. The van der Waals surface area contributed by atoms with E-state index < -0.39 is 22.6 Å². The summed E-state index contributed by atoms with van der Waals surface area (Å²) in [7, 11) is -1.52. The highest BCUT2D eigenvalue weighted by Gasteiger charge is 2.31. The number of fused-ring (bicyclic) bond motifs is 1. The molecule has 29 heavy (non-hydrogen) atoms. The van der Waals surface area contributed by atoms with Crippen molar-refractivity contribution < 1.29 is 18.1 Å². The Labute approximate surface area is 169 Å². The number of aryl methyl sites for hydroxylation is 1. The van der Waals surface area contributed by atoms with Crippen molar-refractivity contribution in [1.29, 1.82) is 4.78 Å². The third kappa shape index (κ3) is 4.76. The minimum Gasteiger partial charge on any atom is -0.368 e. The number of hydrogen-bond donors (Lipinski definition) is 4. The molecule has 3 rings (SSSR count). The molecule has 1 aliphatic rings. The van der Waals surface area contributed by atoms with E-state index in [1.807, 2.05) is 0 Å². The van der Waals surface area contributed by atoms with Gasteiger partial charge < -0.3 is 15.0 Å². The molecule has 3 heterocycles. The van der Waals surface area contributed by atoms with Crippen molar-refractivity contribution >= 4 is 15.6 Å². The minimum absolute atomic E-state index is 0.0514. The molecule has 0 aromatic carbocycles. The van der Waals surface area contributed by atoms with Gasteiger partial charge in [0.05, 0.1) is 10.6 Å². The number of anilines is 1. The third-order valence-corrected chi connectivity index (χ3v) is 6.64. The summed E-state index contributed by atoms with van der Waals surface area (Å²) in [5.41, 5.74) is 1.05. The summed E-state index contributed by atoms with van der Waals surface area (Å²) in [5.74, 6) is 0.397. The molecule has 0 bridgehead atoms. The maximum atomic E-state index is 13.1. The second-order valence-corrected chi connectivity index (χ2v) is 9.61. The van der Waals surface area contributed by atoms with E-state index in [4.69, 9.17) is 4.78 Å². The summed E-state index contributed by atoms with van der Waals surface area (Å²) in [6.45, 7) is 4.15. The molecule has 1 aliphatic heterocycles. The van der Waals surface area contributed by atoms with Gasteiger partial charge in [0.1, 0.15) is 15.6 Å². The second kappa shape index (κ2) is 8.37. The highest BCUT2D eigenvalue weighted by atomic mass is 32.2. The Morgan fingerprint density at radius 3 is 2.86 bits per heavy atom. The SMILES string of the molecule is CC(C)C[C@H]1CCc2c(cn(C)c2C(O)Nc2ccnc(C(F)F)c2)S(=N)(=O)N1. The van der Waals surface area contributed by atoms with Gasteiger partial charge in [-0.1, -0.05) is 13.8 Å². The van der Waals surface area contributed by atoms with Crippen molar-refractivity contribution in [2.24, 2.45) is 13.0 Å². The minimum atomic E-state index is -3.22. The van der Waals surface area contributed by atoms with Crippen LogP contribution in [0, 0.1) is 10.7 Å². The Bertz CT molecular complexity index is 975. The number of rotatable bonds is 6. The molecule has 0 aliphatic carbocycles. The number of nitrogens with zero attached hydrogens (tertiary/aromatic N) is 2. The van der Waals surface area contributed by atoms with Crippen LogP contribution >= 0.6 is 0 Å². The number of halogens is 2. The van der Waals surface area contributed by atoms with Crippen molar-refractivity contribution in [2.45, 2.75) is 56.7 Å². The first kappa shape index (κ1) is 21.7. The van der Waals surface area contributed by atoms with Crippen LogP contribution in [0.3, 0.4) is 0 Å². The molecule has 0 amide bonds. The first-order valence-electron chi connectivity index (χ1n) is 9.51. The van der Waals surface area contributed by atoms with Crippen LogP contribution in [-0.2, 0) is 23.4 Å². The van der Waals surface area contributed by atoms with E-state index in [0.29, 0.717) is 40.6 Å². The van der Waals surface area contributed by atoms with Crippen molar-refractivity contribution in [3.05, 3.63) is 41.5 Å². The summed E-state index contributed by atoms with van der Waals surface area (Å²) < 4.78 is 51.8. The molecular formula is C19H27F2N5O2S. The van der Waals surface area contributed by atoms with E-state index >= 15 is 0 Å². The number of aliphatic hydroxyl groups is 1. The van der Waals surface area contributed by atoms with Crippen LogP contribution < -0.4 is 10.0 Å². The van der Waals surface area contributed by atoms with Crippen molar-refractivity contribution in [2.75, 3.05) is 5.32 Å². The van der Waals surface area contributed by atoms with Gasteiger partial charge in [0, 0.05) is 31.2 Å². The van der Waals surface area contributed by atoms with Gasteiger partial charge in [-0.2, -0.15) is 0 Å². The van der Waals surface area contributed by atoms with Gasteiger partial charge in [-0.15, -0.1) is 0 Å². The van der Waals surface area contributed by atoms with Gasteiger partial charge >= 0.3 is 0 Å². The molecule has 160 valence electrons. The molecule has 3 atom stereocenters. The number of hydrogen-bond acceptors (Lipinski definition) is 5. The molecule has 0 saturated carbocycles. The highest BCUT2D eigenvalue weighted by molar-refractivity contribution is 7.90. The molecule has 0 saturated heterocycles. The van der Waals surface area contributed by atoms with Crippen LogP contribution in [0.15, 0.2) is 29.4 Å². The number of aliphatic hydroxyl groups excluding tert-OH is 1. The largest absolute Gasteiger partial charge is 0.368 e. The number of alkyl halides is 2. The fourth-order valence-electron chi connectivity index (χ4n) is 3.81. The molecule has 10 heteroatoms. The maximum absolute atomic E-state index is 13.1. The van der Waals surface area contributed by atoms with Crippen LogP contribution in [-0.4, -0.2) is 24.9 Å². The molecule has 2 unspecified atom stereocenters. The average Bonchev–Trinajstić information content (AvgIpc) is 2.91. The zero-order chi connectivity index (χ0) is 21.3. The molecule has 2 aromatic heterocycles. The Kier molecular flexibility index (Phi) is 6.25. The van der Waals surface area contributed by atoms with Crippen molar-refractivity contribution in [3.63, 3.8) is 0 Å². The van der Waals surface area contributed by atoms with Crippen LogP contribution in [0.1, 0.15) is 56.3 Å². The topological polar surface area (TPSA) is 103 Å². The highest BCUT2D eigenvalue weighted by Crippen LogP contribution is 2.32. The lowest BCUT2D eigenvalue weighted by Crippen LogP contribution is -2.33. The Hall–Kier alpha value is -2.04. The zero-order valence-corrected chi connectivity index (χ0v) is 17.5. The van der Waals surface area contributed by atoms with E-state index in [9.17, 15) is 18.1 Å². The summed E-state index contributed by atoms with van der Waals surface area (Å²) in [5, 5.41) is 13.6. The second-order valence-electron chi connectivity index (χ2n) is 7.82. The van der Waals surface area contributed by atoms with Crippen LogP contribution in [0.25, 0.3) is 0 Å². The fourth-order valence-corrected chi connectivity index (χ4v) is 5.48. The summed E-state index contributed by atoms with van der Waals surface area (Å²) >= 11 is 0. The van der Waals surface area contributed by atoms with E-state index in [-0.39, 0.29) is 11.7 Å². The third-order valence-electron chi connectivity index (χ3n) is 5.01. The van der Waals surface area contributed by atoms with Crippen LogP contribution in [0.4, 0.5) is 14.5 Å². The maximum Gasteiger partial charge on any atom is 0.280 e. The summed E-state index contributed by atoms with van der Waals surface area (Å²) in [4.78, 5) is 3.98. The summed E-state index contributed by atoms with van der Waals surface area (Å²) in [6, 6.07) is 2.62. The molecule has 7 nitrogen and oxygen atoms in total. The standard InChI is InChI=1S/C19H27F2N5O2S/c1-11(2)8-13-4-5-14-16(29(22,28)25-13)10-26(3)17(14)19(27)24-12-6-7-23-15(9-12)18(20)21/h6-7,9-11,13,18-19,27H,4-5,8H2,1-3H3,(H,23,24)(H2,22,25,28)/t13-,19?,29?/m1/s1. The quantitative estimate of drug-likeness (QED) is 0.528. The average molecular weight is 428 g/mol. The molecule has 4 N–H and O–H groups in total. The van der Waals surface area contributed by atoms with Gasteiger partial charge in [-0.05, 0) is 42.9 Å². The monoisotopic (exact) mass is 427 g/mol. The van der Waals surface area contributed by atoms with Gasteiger partial charge in [0.15, 0.2) is 6.23 Å². The Balaban J connectivity index is 1.91. The molecule has 0 fully saturated rings. The van der Waals surface area contributed by atoms with Crippen molar-refractivity contribution in [3.8, 4) is 0 Å². The van der Waals surface area contributed by atoms with E-state index in [1.54, 1.807) is 17.8 Å². The van der Waals surface area contributed by atoms with Crippen molar-refractivity contribution in [1.82, 2.24) is 14.3 Å². The predicted octanol–water partition coefficient (Wildman–Crippen LogP) is 3.73. The molecular weight excluding hydrogens is 400 g/mol. The van der Waals surface area contributed by atoms with Crippen LogP contribution in [0.2, 0.25) is 0 Å². The number of pyridine rings is 1. The predicted molar refractivity (Wildman–Crippen MR) is 107 cm³/mol. The molecule has 0 radical (unpaired) electrons. The first-order valence-corrected chi connectivity index (χ1v) is 11.1. The van der Waals surface area contributed by atoms with Gasteiger partial charge in [0.2, 0.25) is 0 Å². The van der Waals surface area contributed by atoms with E-state index in [2.05, 4.69) is 28.9 Å². The zero-order valence-electron chi connectivity index (χ0n) is 16.7. The smallest absolute Gasteiger partial charge is 0.280 e. The van der Waals surface area contributed by atoms with E-state index in [0.717, 1.165) is 6.42 Å². The Morgan fingerprint density at radius 2 is 2.21 bits per heavy atom. The molecule has 0 spiro atoms. The van der Waals surface area contributed by atoms with Gasteiger partial charge in [-0.25, -0.2) is 22.5 Å². The van der Waals surface area contributed by atoms with Gasteiger partial charge in [-0.3, -0.25) is 4.98 Å². The van der Waals surface area contributed by atoms with Gasteiger partial charge in [0.25, 0.3) is 6.43 Å². The lowest BCUT2D eigenvalue weighted by Gasteiger charge is -2.19. The summed E-state index contributed by atoms with van der Waals surface area (Å²) in [6.07, 6.45) is 0.978. The lowest BCUT2D eigenvalue weighted by atomic mass is 9.98. The van der Waals surface area contributed by atoms with E-state index in [1.165, 1.54) is 18.3 Å². The lowest BCUT2D eigenvalue weighted by molar-refractivity contribution is 0.146. The van der Waals surface area contributed by atoms with Crippen LogP contribution in [0.5, 0.6) is 0 Å². The Morgan fingerprint density at radius 1 is 1.48 bits per heavy atom. The number of aromatic nitrogens is 2. The molecule has 2 aromatic rings. The fraction of sp³-hybridized carbons (Fsp3) is 0.526.